The highest BCUT2D eigenvalue weighted by Crippen LogP contribution is 2.18. The molecule has 1 rings (SSSR count). The Morgan fingerprint density at radius 3 is 2.44 bits per heavy atom. The summed E-state index contributed by atoms with van der Waals surface area (Å²) in [5.74, 6) is -1.54. The quantitative estimate of drug-likeness (QED) is 0.739. The molecule has 0 fully saturated rings. The van der Waals surface area contributed by atoms with Gasteiger partial charge in [0.25, 0.3) is 0 Å². The van der Waals surface area contributed by atoms with Gasteiger partial charge in [-0.25, -0.2) is 4.79 Å². The zero-order chi connectivity index (χ0) is 13.7. The third-order valence-corrected chi connectivity index (χ3v) is 2.81. The number of carbonyl (C=O) groups excluding carboxylic acids is 1. The maximum absolute atomic E-state index is 12.0. The molecule has 0 aliphatic carbocycles. The molecule has 1 aromatic carbocycles. The van der Waals surface area contributed by atoms with Crippen molar-refractivity contribution in [1.29, 1.82) is 0 Å². The molecular weight excluding hydrogens is 232 g/mol. The molecule has 0 radical (unpaired) electrons. The third kappa shape index (κ3) is 3.30. The molecule has 0 aliphatic heterocycles. The van der Waals surface area contributed by atoms with Crippen LogP contribution in [0.25, 0.3) is 0 Å². The summed E-state index contributed by atoms with van der Waals surface area (Å²) in [6.07, 6.45) is 0. The lowest BCUT2D eigenvalue weighted by Gasteiger charge is -2.18. The Kier molecular flexibility index (Phi) is 4.85. The molecule has 1 unspecified atom stereocenters. The smallest absolute Gasteiger partial charge is 0.337 e. The predicted molar refractivity (Wildman–Crippen MR) is 69.4 cm³/mol. The minimum atomic E-state index is -1.07. The Hall–Kier alpha value is -1.88. The molecule has 1 amide bonds. The van der Waals surface area contributed by atoms with Crippen LogP contribution in [0.3, 0.4) is 0 Å². The molecule has 5 heteroatoms. The first-order valence-electron chi connectivity index (χ1n) is 5.80. The van der Waals surface area contributed by atoms with Crippen LogP contribution in [-0.2, 0) is 4.79 Å². The van der Waals surface area contributed by atoms with Crippen LogP contribution in [0.1, 0.15) is 24.2 Å². The Morgan fingerprint density at radius 1 is 1.33 bits per heavy atom. The van der Waals surface area contributed by atoms with Crippen molar-refractivity contribution in [2.24, 2.45) is 17.6 Å². The van der Waals surface area contributed by atoms with Crippen molar-refractivity contribution in [2.75, 3.05) is 11.9 Å². The molecule has 0 heterocycles. The van der Waals surface area contributed by atoms with Crippen LogP contribution < -0.4 is 11.1 Å². The van der Waals surface area contributed by atoms with Gasteiger partial charge in [0.15, 0.2) is 0 Å². The van der Waals surface area contributed by atoms with Crippen LogP contribution in [0.5, 0.6) is 0 Å². The van der Waals surface area contributed by atoms with Crippen molar-refractivity contribution in [3.63, 3.8) is 0 Å². The molecule has 98 valence electrons. The third-order valence-electron chi connectivity index (χ3n) is 2.81. The van der Waals surface area contributed by atoms with Gasteiger partial charge < -0.3 is 16.2 Å². The van der Waals surface area contributed by atoms with Crippen molar-refractivity contribution in [1.82, 2.24) is 0 Å². The molecule has 0 bridgehead atoms. The summed E-state index contributed by atoms with van der Waals surface area (Å²) in [5.41, 5.74) is 5.92. The number of amides is 1. The first-order chi connectivity index (χ1) is 8.47. The van der Waals surface area contributed by atoms with E-state index >= 15 is 0 Å². The number of carboxylic acid groups (broad SMARTS) is 1. The zero-order valence-electron chi connectivity index (χ0n) is 10.5. The Bertz CT molecular complexity index is 444. The fraction of sp³-hybridized carbons (Fsp3) is 0.385. The van der Waals surface area contributed by atoms with Crippen molar-refractivity contribution in [3.05, 3.63) is 29.8 Å². The second-order valence-electron chi connectivity index (χ2n) is 4.43. The Labute approximate surface area is 106 Å². The second-order valence-corrected chi connectivity index (χ2v) is 4.43. The van der Waals surface area contributed by atoms with Gasteiger partial charge in [-0.2, -0.15) is 0 Å². The van der Waals surface area contributed by atoms with Crippen molar-refractivity contribution in [2.45, 2.75) is 13.8 Å². The molecule has 0 saturated carbocycles. The second kappa shape index (κ2) is 6.16. The molecule has 0 spiro atoms. The molecule has 0 aromatic heterocycles. The highest BCUT2D eigenvalue weighted by atomic mass is 16.4. The van der Waals surface area contributed by atoms with E-state index in [1.165, 1.54) is 6.07 Å². The van der Waals surface area contributed by atoms with Gasteiger partial charge in [0.1, 0.15) is 0 Å². The number of carbonyl (C=O) groups is 2. The van der Waals surface area contributed by atoms with E-state index in [0.29, 0.717) is 5.69 Å². The summed E-state index contributed by atoms with van der Waals surface area (Å²) in [7, 11) is 0. The SMILES string of the molecule is CC(C)C(CN)C(=O)Nc1ccccc1C(=O)O. The minimum absolute atomic E-state index is 0.0744. The van der Waals surface area contributed by atoms with E-state index in [1.807, 2.05) is 13.8 Å². The topological polar surface area (TPSA) is 92.4 Å². The van der Waals surface area contributed by atoms with E-state index in [-0.39, 0.29) is 29.9 Å². The van der Waals surface area contributed by atoms with Crippen LogP contribution in [0.4, 0.5) is 5.69 Å². The molecule has 18 heavy (non-hydrogen) atoms. The van der Waals surface area contributed by atoms with Crippen molar-refractivity contribution in [3.8, 4) is 0 Å². The standard InChI is InChI=1S/C13H18N2O3/c1-8(2)10(7-14)12(16)15-11-6-4-3-5-9(11)13(17)18/h3-6,8,10H,7,14H2,1-2H3,(H,15,16)(H,17,18). The number of carboxylic acids is 1. The molecule has 5 nitrogen and oxygen atoms in total. The van der Waals surface area contributed by atoms with Gasteiger partial charge in [0.05, 0.1) is 17.2 Å². The van der Waals surface area contributed by atoms with E-state index in [9.17, 15) is 9.59 Å². The minimum Gasteiger partial charge on any atom is -0.478 e. The van der Waals surface area contributed by atoms with E-state index in [2.05, 4.69) is 5.32 Å². The van der Waals surface area contributed by atoms with Crippen LogP contribution in [0, 0.1) is 11.8 Å². The zero-order valence-corrected chi connectivity index (χ0v) is 10.5. The van der Waals surface area contributed by atoms with Gasteiger partial charge in [-0.3, -0.25) is 4.79 Å². The number of nitrogens with one attached hydrogen (secondary N) is 1. The number of hydrogen-bond acceptors (Lipinski definition) is 3. The fourth-order valence-electron chi connectivity index (χ4n) is 1.69. The molecule has 0 aliphatic rings. The molecular formula is C13H18N2O3. The average molecular weight is 250 g/mol. The summed E-state index contributed by atoms with van der Waals surface area (Å²) in [6.45, 7) is 4.04. The lowest BCUT2D eigenvalue weighted by Crippen LogP contribution is -2.33. The molecule has 1 atom stereocenters. The van der Waals surface area contributed by atoms with Crippen LogP contribution >= 0.6 is 0 Å². The lowest BCUT2D eigenvalue weighted by atomic mass is 9.95. The number of para-hydroxylation sites is 1. The monoisotopic (exact) mass is 250 g/mol. The van der Waals surface area contributed by atoms with Crippen LogP contribution in [0.2, 0.25) is 0 Å². The van der Waals surface area contributed by atoms with E-state index in [1.54, 1.807) is 18.2 Å². The van der Waals surface area contributed by atoms with Crippen LogP contribution in [0.15, 0.2) is 24.3 Å². The summed E-state index contributed by atoms with van der Waals surface area (Å²) >= 11 is 0. The Balaban J connectivity index is 2.91. The van der Waals surface area contributed by atoms with Gasteiger partial charge in [0, 0.05) is 6.54 Å². The molecule has 4 N–H and O–H groups in total. The highest BCUT2D eigenvalue weighted by Gasteiger charge is 2.22. The first-order valence-corrected chi connectivity index (χ1v) is 5.80. The largest absolute Gasteiger partial charge is 0.478 e. The van der Waals surface area contributed by atoms with Crippen molar-refractivity contribution < 1.29 is 14.7 Å². The normalized spacial score (nSPS) is 12.2. The van der Waals surface area contributed by atoms with E-state index in [4.69, 9.17) is 10.8 Å². The maximum atomic E-state index is 12.0. The average Bonchev–Trinajstić information content (AvgIpc) is 2.29. The summed E-state index contributed by atoms with van der Waals surface area (Å²) in [6, 6.07) is 6.30. The van der Waals surface area contributed by atoms with Gasteiger partial charge in [-0.1, -0.05) is 26.0 Å². The summed E-state index contributed by atoms with van der Waals surface area (Å²) < 4.78 is 0. The highest BCUT2D eigenvalue weighted by molar-refractivity contribution is 6.01. The number of anilines is 1. The number of hydrogen-bond donors (Lipinski definition) is 3. The van der Waals surface area contributed by atoms with Gasteiger partial charge >= 0.3 is 5.97 Å². The van der Waals surface area contributed by atoms with Gasteiger partial charge in [-0.05, 0) is 18.1 Å². The summed E-state index contributed by atoms with van der Waals surface area (Å²) in [4.78, 5) is 23.0. The van der Waals surface area contributed by atoms with E-state index < -0.39 is 5.97 Å². The fourth-order valence-corrected chi connectivity index (χ4v) is 1.69. The predicted octanol–water partition coefficient (Wildman–Crippen LogP) is 1.55. The Morgan fingerprint density at radius 2 is 1.94 bits per heavy atom. The number of rotatable bonds is 5. The maximum Gasteiger partial charge on any atom is 0.337 e. The summed E-state index contributed by atoms with van der Waals surface area (Å²) in [5, 5.41) is 11.6. The van der Waals surface area contributed by atoms with E-state index in [0.717, 1.165) is 0 Å². The number of nitrogens with two attached hydrogens (primary N) is 1. The van der Waals surface area contributed by atoms with Crippen LogP contribution in [-0.4, -0.2) is 23.5 Å². The lowest BCUT2D eigenvalue weighted by molar-refractivity contribution is -0.120. The van der Waals surface area contributed by atoms with Gasteiger partial charge in [-0.15, -0.1) is 0 Å². The molecule has 1 aromatic rings. The number of benzene rings is 1. The number of aromatic carboxylic acids is 1. The van der Waals surface area contributed by atoms with Gasteiger partial charge in [0.2, 0.25) is 5.91 Å². The molecule has 0 saturated heterocycles. The van der Waals surface area contributed by atoms with Crippen molar-refractivity contribution >= 4 is 17.6 Å². The first kappa shape index (κ1) is 14.2.